The molecule has 0 rings (SSSR count). The normalized spacial score (nSPS) is 12.6. The summed E-state index contributed by atoms with van der Waals surface area (Å²) in [6, 6.07) is 0. The van der Waals surface area contributed by atoms with Crippen LogP contribution in [0.3, 0.4) is 0 Å². The molecule has 0 saturated heterocycles. The molecule has 0 aromatic carbocycles. The van der Waals surface area contributed by atoms with E-state index in [9.17, 15) is 0 Å². The molecule has 0 spiro atoms. The second-order valence-electron chi connectivity index (χ2n) is 5.74. The van der Waals surface area contributed by atoms with E-state index in [1.165, 1.54) is 18.4 Å². The van der Waals surface area contributed by atoms with Gasteiger partial charge in [0.25, 0.3) is 0 Å². The number of nitrogens with one attached hydrogen (secondary N) is 2. The van der Waals surface area contributed by atoms with Gasteiger partial charge in [-0.25, -0.2) is 0 Å². The van der Waals surface area contributed by atoms with Gasteiger partial charge in [0.1, 0.15) is 0 Å². The van der Waals surface area contributed by atoms with Crippen molar-refractivity contribution in [2.45, 2.75) is 59.5 Å². The van der Waals surface area contributed by atoms with Gasteiger partial charge in [0, 0.05) is 17.9 Å². The highest BCUT2D eigenvalue weighted by Crippen LogP contribution is 2.14. The quantitative estimate of drug-likeness (QED) is 0.297. The first-order valence-corrected chi connectivity index (χ1v) is 8.35. The van der Waals surface area contributed by atoms with Crippen molar-refractivity contribution in [2.24, 2.45) is 0 Å². The summed E-state index contributed by atoms with van der Waals surface area (Å²) in [4.78, 5) is 2.13. The summed E-state index contributed by atoms with van der Waals surface area (Å²) in [5, 5.41) is 6.91. The van der Waals surface area contributed by atoms with Crippen molar-refractivity contribution in [3.05, 3.63) is 49.0 Å². The molecular weight excluding hydrogens is 270 g/mol. The van der Waals surface area contributed by atoms with Crippen LogP contribution in [0.5, 0.6) is 0 Å². The third-order valence-corrected chi connectivity index (χ3v) is 3.59. The Bertz CT molecular complexity index is 382. The molecule has 0 aliphatic carbocycles. The summed E-state index contributed by atoms with van der Waals surface area (Å²) in [5.41, 5.74) is 3.31. The Morgan fingerprint density at radius 2 is 1.86 bits per heavy atom. The summed E-state index contributed by atoms with van der Waals surface area (Å²) >= 11 is 0. The van der Waals surface area contributed by atoms with Gasteiger partial charge < -0.3 is 10.2 Å². The second kappa shape index (κ2) is 12.1. The predicted molar refractivity (Wildman–Crippen MR) is 99.4 cm³/mol. The first-order chi connectivity index (χ1) is 10.5. The zero-order valence-corrected chi connectivity index (χ0v) is 15.0. The molecule has 1 unspecified atom stereocenters. The van der Waals surface area contributed by atoms with Crippen LogP contribution in [0.1, 0.15) is 53.4 Å². The van der Waals surface area contributed by atoms with E-state index in [1.54, 1.807) is 0 Å². The predicted octanol–water partition coefficient (Wildman–Crippen LogP) is 4.53. The molecule has 0 aliphatic rings. The molecule has 126 valence electrons. The van der Waals surface area contributed by atoms with Crippen LogP contribution in [-0.4, -0.2) is 24.2 Å². The highest BCUT2D eigenvalue weighted by Gasteiger charge is 2.15. The molecule has 0 bridgehead atoms. The Morgan fingerprint density at radius 1 is 1.18 bits per heavy atom. The first kappa shape index (κ1) is 20.5. The van der Waals surface area contributed by atoms with Crippen LogP contribution < -0.4 is 10.6 Å². The van der Waals surface area contributed by atoms with Gasteiger partial charge in [0.15, 0.2) is 0 Å². The Morgan fingerprint density at radius 3 is 2.36 bits per heavy atom. The van der Waals surface area contributed by atoms with Crippen molar-refractivity contribution in [1.29, 1.82) is 0 Å². The van der Waals surface area contributed by atoms with Crippen molar-refractivity contribution in [2.75, 3.05) is 13.1 Å². The number of rotatable bonds is 13. The second-order valence-corrected chi connectivity index (χ2v) is 5.74. The van der Waals surface area contributed by atoms with E-state index in [-0.39, 0.29) is 6.17 Å². The Hall–Kier alpha value is -1.48. The van der Waals surface area contributed by atoms with Crippen LogP contribution >= 0.6 is 0 Å². The zero-order valence-electron chi connectivity index (χ0n) is 15.0. The van der Waals surface area contributed by atoms with Gasteiger partial charge in [-0.15, -0.1) is 0 Å². The van der Waals surface area contributed by atoms with Crippen LogP contribution in [0.25, 0.3) is 0 Å². The van der Waals surface area contributed by atoms with E-state index in [4.69, 9.17) is 0 Å². The highest BCUT2D eigenvalue weighted by molar-refractivity contribution is 5.20. The topological polar surface area (TPSA) is 27.3 Å². The van der Waals surface area contributed by atoms with Crippen molar-refractivity contribution in [3.8, 4) is 0 Å². The van der Waals surface area contributed by atoms with Crippen molar-refractivity contribution in [1.82, 2.24) is 15.5 Å². The minimum Gasteiger partial charge on any atom is -0.389 e. The van der Waals surface area contributed by atoms with Crippen molar-refractivity contribution >= 4 is 0 Å². The van der Waals surface area contributed by atoms with Crippen molar-refractivity contribution in [3.63, 3.8) is 0 Å². The number of hydrogen-bond acceptors (Lipinski definition) is 3. The van der Waals surface area contributed by atoms with Crippen LogP contribution in [0.15, 0.2) is 49.0 Å². The molecule has 3 nitrogen and oxygen atoms in total. The number of nitrogens with zero attached hydrogens (tertiary/aromatic N) is 1. The van der Waals surface area contributed by atoms with E-state index >= 15 is 0 Å². The van der Waals surface area contributed by atoms with Gasteiger partial charge >= 0.3 is 0 Å². The fourth-order valence-electron chi connectivity index (χ4n) is 2.11. The molecule has 0 radical (unpaired) electrons. The van der Waals surface area contributed by atoms with Gasteiger partial charge in [-0.2, -0.15) is 0 Å². The lowest BCUT2D eigenvalue weighted by atomic mass is 10.2. The summed E-state index contributed by atoms with van der Waals surface area (Å²) in [6.07, 6.45) is 8.56. The minimum absolute atomic E-state index is 0.198. The monoisotopic (exact) mass is 305 g/mol. The Balaban J connectivity index is 4.85. The lowest BCUT2D eigenvalue weighted by Gasteiger charge is -2.32. The van der Waals surface area contributed by atoms with Gasteiger partial charge in [0.2, 0.25) is 0 Å². The van der Waals surface area contributed by atoms with Gasteiger partial charge in [-0.1, -0.05) is 45.6 Å². The maximum atomic E-state index is 4.21. The minimum atomic E-state index is 0.198. The SMILES string of the molecule is C=CN(C(=C)/C=C(/C)CC)C(CCNC(=C)C)NCCCC. The smallest absolute Gasteiger partial charge is 0.0855 e. The molecule has 22 heavy (non-hydrogen) atoms. The summed E-state index contributed by atoms with van der Waals surface area (Å²) in [5.74, 6) is 0. The fourth-order valence-corrected chi connectivity index (χ4v) is 2.11. The van der Waals surface area contributed by atoms with Crippen LogP contribution in [0, 0.1) is 0 Å². The summed E-state index contributed by atoms with van der Waals surface area (Å²) < 4.78 is 0. The fraction of sp³-hybridized carbons (Fsp3) is 0.579. The zero-order chi connectivity index (χ0) is 17.0. The third-order valence-electron chi connectivity index (χ3n) is 3.59. The summed E-state index contributed by atoms with van der Waals surface area (Å²) in [6.45, 7) is 22.4. The van der Waals surface area contributed by atoms with E-state index in [0.29, 0.717) is 0 Å². The molecular formula is C19H35N3. The standard InChI is InChI=1S/C19H35N3/c1-8-11-13-21-19(12-14-20-16(4)5)22(10-3)18(7)15-17(6)9-2/h10,15,19-21H,3-4,7-9,11-14H2,1-2,5-6H3/b17-15-. The lowest BCUT2D eigenvalue weighted by Crippen LogP contribution is -2.44. The molecule has 3 heteroatoms. The molecule has 0 aromatic heterocycles. The molecule has 1 atom stereocenters. The lowest BCUT2D eigenvalue weighted by molar-refractivity contribution is 0.273. The summed E-state index contributed by atoms with van der Waals surface area (Å²) in [7, 11) is 0. The Kier molecular flexibility index (Phi) is 11.3. The molecule has 0 saturated carbocycles. The molecule has 2 N–H and O–H groups in total. The van der Waals surface area contributed by atoms with E-state index in [0.717, 1.165) is 37.3 Å². The highest BCUT2D eigenvalue weighted by atomic mass is 15.3. The third kappa shape index (κ3) is 8.73. The van der Waals surface area contributed by atoms with Gasteiger partial charge in [-0.3, -0.25) is 5.32 Å². The number of unbranched alkanes of at least 4 members (excludes halogenated alkanes) is 1. The molecule has 0 amide bonds. The molecule has 0 aromatic rings. The van der Waals surface area contributed by atoms with Gasteiger partial charge in [0.05, 0.1) is 6.17 Å². The van der Waals surface area contributed by atoms with Crippen molar-refractivity contribution < 1.29 is 0 Å². The van der Waals surface area contributed by atoms with E-state index in [2.05, 4.69) is 62.1 Å². The Labute approximate surface area is 137 Å². The van der Waals surface area contributed by atoms with Crippen LogP contribution in [0.4, 0.5) is 0 Å². The number of hydrogen-bond donors (Lipinski definition) is 2. The van der Waals surface area contributed by atoms with Crippen LogP contribution in [0.2, 0.25) is 0 Å². The maximum Gasteiger partial charge on any atom is 0.0855 e. The molecule has 0 heterocycles. The average molecular weight is 306 g/mol. The molecule has 0 fully saturated rings. The van der Waals surface area contributed by atoms with Gasteiger partial charge in [-0.05, 0) is 51.9 Å². The maximum absolute atomic E-state index is 4.21. The number of allylic oxidation sites excluding steroid dienone is 3. The van der Waals surface area contributed by atoms with E-state index < -0.39 is 0 Å². The first-order valence-electron chi connectivity index (χ1n) is 8.35. The molecule has 0 aliphatic heterocycles. The largest absolute Gasteiger partial charge is 0.389 e. The van der Waals surface area contributed by atoms with Crippen LogP contribution in [-0.2, 0) is 0 Å². The average Bonchev–Trinajstić information content (AvgIpc) is 2.47. The van der Waals surface area contributed by atoms with E-state index in [1.807, 2.05) is 13.1 Å².